The number of nitrogens with zero attached hydrogens (tertiary/aromatic N) is 3. The monoisotopic (exact) mass is 466 g/mol. The van der Waals surface area contributed by atoms with Crippen LogP contribution in [-0.2, 0) is 4.79 Å². The van der Waals surface area contributed by atoms with Gasteiger partial charge < -0.3 is 15.2 Å². The number of thioether (sulfide) groups is 1. The van der Waals surface area contributed by atoms with Crippen LogP contribution in [0.4, 0.5) is 10.1 Å². The maximum Gasteiger partial charge on any atom is 0.234 e. The Balaban J connectivity index is 1.19. The van der Waals surface area contributed by atoms with Gasteiger partial charge in [0.15, 0.2) is 5.17 Å². The molecule has 3 unspecified atom stereocenters. The third-order valence-corrected chi connectivity index (χ3v) is 7.39. The number of hydrazone groups is 1. The Morgan fingerprint density at radius 3 is 2.76 bits per heavy atom. The lowest BCUT2D eigenvalue weighted by Gasteiger charge is -2.36. The molecular weight excluding hydrogens is 439 g/mol. The third kappa shape index (κ3) is 4.30. The summed E-state index contributed by atoms with van der Waals surface area (Å²) in [5.41, 5.74) is 11.7. The van der Waals surface area contributed by atoms with E-state index in [-0.39, 0.29) is 35.7 Å². The van der Waals surface area contributed by atoms with Gasteiger partial charge in [0.2, 0.25) is 5.91 Å². The number of halogens is 1. The van der Waals surface area contributed by atoms with E-state index < -0.39 is 0 Å². The Morgan fingerprint density at radius 2 is 1.97 bits per heavy atom. The van der Waals surface area contributed by atoms with Crippen molar-refractivity contribution in [2.75, 3.05) is 11.1 Å². The number of hydrogen-bond acceptors (Lipinski definition) is 7. The van der Waals surface area contributed by atoms with Gasteiger partial charge in [-0.1, -0.05) is 36.0 Å². The molecule has 172 valence electrons. The maximum atomic E-state index is 13.7. The smallest absolute Gasteiger partial charge is 0.234 e. The summed E-state index contributed by atoms with van der Waals surface area (Å²) >= 11 is 1.36. The van der Waals surface area contributed by atoms with Crippen molar-refractivity contribution < 1.29 is 9.18 Å². The number of benzene rings is 2. The standard InChI is InChI=1S/C24H27FN6OS/c1-14-4-6-17(10-16(14)3)20-12-21-23-27-28-24(30(23)8-9-31(21)29-20)33-13-22(32)26-18-7-5-15(2)19(25)11-18/h4-11,20-21,23,27,29H,12-13H2,1-3H3,(H,26,32). The average Bonchev–Trinajstić information content (AvgIpc) is 3.40. The van der Waals surface area contributed by atoms with Gasteiger partial charge in [-0.15, -0.1) is 0 Å². The number of fused-ring (bicyclic) bond motifs is 3. The van der Waals surface area contributed by atoms with Crippen molar-refractivity contribution in [2.45, 2.75) is 45.4 Å². The lowest BCUT2D eigenvalue weighted by Crippen LogP contribution is -2.54. The molecule has 1 amide bonds. The molecule has 0 spiro atoms. The van der Waals surface area contributed by atoms with Crippen LogP contribution in [-0.4, -0.2) is 38.9 Å². The number of anilines is 1. The van der Waals surface area contributed by atoms with E-state index in [1.165, 1.54) is 34.5 Å². The molecule has 9 heteroatoms. The quantitative estimate of drug-likeness (QED) is 0.638. The molecule has 1 saturated heterocycles. The van der Waals surface area contributed by atoms with Gasteiger partial charge in [-0.3, -0.25) is 10.2 Å². The summed E-state index contributed by atoms with van der Waals surface area (Å²) in [5.74, 6) is -0.348. The summed E-state index contributed by atoms with van der Waals surface area (Å²) in [7, 11) is 0. The Hall–Kier alpha value is -3.04. The predicted octanol–water partition coefficient (Wildman–Crippen LogP) is 3.73. The fraction of sp³-hybridized carbons (Fsp3) is 0.333. The number of amides is 1. The summed E-state index contributed by atoms with van der Waals surface area (Å²) in [4.78, 5) is 14.5. The average molecular weight is 467 g/mol. The van der Waals surface area contributed by atoms with Gasteiger partial charge in [0.05, 0.1) is 17.8 Å². The minimum absolute atomic E-state index is 0.00389. The molecule has 7 nitrogen and oxygen atoms in total. The van der Waals surface area contributed by atoms with Crippen molar-refractivity contribution in [3.8, 4) is 0 Å². The Bertz CT molecular complexity index is 1150. The zero-order chi connectivity index (χ0) is 23.1. The summed E-state index contributed by atoms with van der Waals surface area (Å²) in [5, 5.41) is 10.1. The summed E-state index contributed by atoms with van der Waals surface area (Å²) in [6.45, 7) is 5.96. The van der Waals surface area contributed by atoms with Crippen LogP contribution in [0.15, 0.2) is 53.9 Å². The fourth-order valence-electron chi connectivity index (χ4n) is 4.35. The first-order valence-electron chi connectivity index (χ1n) is 11.0. The fourth-order valence-corrected chi connectivity index (χ4v) is 5.12. The van der Waals surface area contributed by atoms with Gasteiger partial charge in [0.25, 0.3) is 0 Å². The van der Waals surface area contributed by atoms with E-state index in [9.17, 15) is 9.18 Å². The second-order valence-corrected chi connectivity index (χ2v) is 9.65. The van der Waals surface area contributed by atoms with E-state index in [1.54, 1.807) is 19.1 Å². The largest absolute Gasteiger partial charge is 0.325 e. The highest BCUT2D eigenvalue weighted by Crippen LogP contribution is 2.35. The lowest BCUT2D eigenvalue weighted by atomic mass is 9.97. The molecule has 3 aliphatic heterocycles. The van der Waals surface area contributed by atoms with Crippen molar-refractivity contribution in [3.63, 3.8) is 0 Å². The second-order valence-electron chi connectivity index (χ2n) is 8.71. The molecular formula is C24H27FN6OS. The zero-order valence-electron chi connectivity index (χ0n) is 18.8. The van der Waals surface area contributed by atoms with E-state index in [2.05, 4.69) is 63.2 Å². The highest BCUT2D eigenvalue weighted by molar-refractivity contribution is 8.14. The molecule has 0 bridgehead atoms. The second kappa shape index (κ2) is 8.72. The van der Waals surface area contributed by atoms with E-state index in [4.69, 9.17) is 0 Å². The van der Waals surface area contributed by atoms with Gasteiger partial charge in [-0.25, -0.2) is 9.82 Å². The highest BCUT2D eigenvalue weighted by atomic mass is 32.2. The number of nitrogens with one attached hydrogen (secondary N) is 3. The number of amidine groups is 1. The van der Waals surface area contributed by atoms with Crippen molar-refractivity contribution >= 4 is 28.5 Å². The molecule has 3 atom stereocenters. The van der Waals surface area contributed by atoms with Gasteiger partial charge >= 0.3 is 0 Å². The van der Waals surface area contributed by atoms with Crippen LogP contribution < -0.4 is 16.2 Å². The molecule has 5 rings (SSSR count). The topological polar surface area (TPSA) is 72.0 Å². The Kier molecular flexibility index (Phi) is 5.76. The van der Waals surface area contributed by atoms with Crippen molar-refractivity contribution in [1.82, 2.24) is 20.8 Å². The van der Waals surface area contributed by atoms with E-state index >= 15 is 0 Å². The van der Waals surface area contributed by atoms with Crippen molar-refractivity contribution in [3.05, 3.63) is 76.9 Å². The first-order chi connectivity index (χ1) is 15.9. The highest BCUT2D eigenvalue weighted by Gasteiger charge is 2.44. The van der Waals surface area contributed by atoms with Gasteiger partial charge in [0, 0.05) is 18.1 Å². The lowest BCUT2D eigenvalue weighted by molar-refractivity contribution is -0.113. The van der Waals surface area contributed by atoms with Crippen molar-refractivity contribution in [1.29, 1.82) is 0 Å². The number of rotatable bonds is 4. The number of carbonyl (C=O) groups excluding carboxylic acids is 1. The Labute approximate surface area is 197 Å². The van der Waals surface area contributed by atoms with Crippen LogP contribution in [0, 0.1) is 26.6 Å². The zero-order valence-corrected chi connectivity index (χ0v) is 19.6. The number of hydrogen-bond donors (Lipinski definition) is 3. The van der Waals surface area contributed by atoms with Gasteiger partial charge in [-0.2, -0.15) is 5.10 Å². The van der Waals surface area contributed by atoms with Crippen LogP contribution in [0.2, 0.25) is 0 Å². The van der Waals surface area contributed by atoms with Crippen LogP contribution >= 0.6 is 11.8 Å². The molecule has 0 aromatic heterocycles. The molecule has 0 aliphatic carbocycles. The summed E-state index contributed by atoms with van der Waals surface area (Å²) in [6.07, 6.45) is 4.94. The maximum absolute atomic E-state index is 13.7. The van der Waals surface area contributed by atoms with Crippen LogP contribution in [0.3, 0.4) is 0 Å². The molecule has 1 fully saturated rings. The van der Waals surface area contributed by atoms with Crippen LogP contribution in [0.1, 0.15) is 34.7 Å². The molecule has 0 radical (unpaired) electrons. The summed E-state index contributed by atoms with van der Waals surface area (Å²) < 4.78 is 13.7. The minimum Gasteiger partial charge on any atom is -0.325 e. The van der Waals surface area contributed by atoms with E-state index in [1.807, 2.05) is 12.4 Å². The van der Waals surface area contributed by atoms with Gasteiger partial charge in [-0.05, 0) is 61.6 Å². The van der Waals surface area contributed by atoms with E-state index in [0.717, 1.165) is 11.6 Å². The van der Waals surface area contributed by atoms with Gasteiger partial charge in [0.1, 0.15) is 12.0 Å². The van der Waals surface area contributed by atoms with Crippen LogP contribution in [0.5, 0.6) is 0 Å². The first kappa shape index (κ1) is 21.8. The normalized spacial score (nSPS) is 23.2. The minimum atomic E-state index is -0.333. The molecule has 3 aliphatic rings. The Morgan fingerprint density at radius 1 is 1.15 bits per heavy atom. The molecule has 3 heterocycles. The number of aryl methyl sites for hydroxylation is 3. The summed E-state index contributed by atoms with van der Waals surface area (Å²) in [6, 6.07) is 11.7. The first-order valence-corrected chi connectivity index (χ1v) is 12.0. The SMILES string of the molecule is Cc1ccc(C2CC3C4NN=C(SCC(=O)Nc5ccc(C)c(F)c5)N4C=CN3N2)cc1C. The third-order valence-electron chi connectivity index (χ3n) is 6.43. The number of carbonyl (C=O) groups is 1. The van der Waals surface area contributed by atoms with Crippen LogP contribution in [0.25, 0.3) is 0 Å². The van der Waals surface area contributed by atoms with E-state index in [0.29, 0.717) is 11.3 Å². The molecule has 2 aromatic rings. The molecule has 3 N–H and O–H groups in total. The number of hydrazine groups is 1. The van der Waals surface area contributed by atoms with Crippen molar-refractivity contribution in [2.24, 2.45) is 5.10 Å². The predicted molar refractivity (Wildman–Crippen MR) is 130 cm³/mol. The molecule has 0 saturated carbocycles. The molecule has 33 heavy (non-hydrogen) atoms. The molecule has 2 aromatic carbocycles.